The maximum Gasteiger partial charge on any atom is 0.0821 e. The van der Waals surface area contributed by atoms with E-state index in [9.17, 15) is 0 Å². The summed E-state index contributed by atoms with van der Waals surface area (Å²) in [6.45, 7) is 1.04. The molecule has 0 spiro atoms. The first-order valence-electron chi connectivity index (χ1n) is 7.19. The number of hydrogen-bond acceptors (Lipinski definition) is 2. The molecule has 1 heterocycles. The Morgan fingerprint density at radius 2 is 2.05 bits per heavy atom. The molecule has 1 aromatic carbocycles. The Bertz CT molecular complexity index is 585. The summed E-state index contributed by atoms with van der Waals surface area (Å²) < 4.78 is 0. The first kappa shape index (κ1) is 13.1. The minimum Gasteiger partial charge on any atom is -0.316 e. The average molecular weight is 264 g/mol. The van der Waals surface area contributed by atoms with Gasteiger partial charge >= 0.3 is 0 Å². The van der Waals surface area contributed by atoms with E-state index >= 15 is 0 Å². The summed E-state index contributed by atoms with van der Waals surface area (Å²) in [5.41, 5.74) is 11.8. The van der Waals surface area contributed by atoms with Gasteiger partial charge in [0.15, 0.2) is 0 Å². The second-order valence-electron chi connectivity index (χ2n) is 5.37. The summed E-state index contributed by atoms with van der Waals surface area (Å²) >= 11 is 0. The van der Waals surface area contributed by atoms with Gasteiger partial charge in [-0.2, -0.15) is 0 Å². The van der Waals surface area contributed by atoms with Gasteiger partial charge in [-0.1, -0.05) is 42.5 Å². The Morgan fingerprint density at radius 1 is 1.20 bits per heavy atom. The van der Waals surface area contributed by atoms with E-state index in [4.69, 9.17) is 5.73 Å². The zero-order chi connectivity index (χ0) is 13.8. The van der Waals surface area contributed by atoms with Gasteiger partial charge < -0.3 is 11.1 Å². The van der Waals surface area contributed by atoms with Crippen LogP contribution in [0.1, 0.15) is 18.4 Å². The van der Waals surface area contributed by atoms with E-state index in [0.717, 1.165) is 24.1 Å². The predicted molar refractivity (Wildman–Crippen MR) is 83.2 cm³/mol. The molecule has 1 aliphatic heterocycles. The molecule has 0 amide bonds. The van der Waals surface area contributed by atoms with E-state index in [1.165, 1.54) is 6.42 Å². The van der Waals surface area contributed by atoms with Crippen molar-refractivity contribution in [2.45, 2.75) is 24.4 Å². The molecule has 2 heteroatoms. The van der Waals surface area contributed by atoms with Crippen molar-refractivity contribution in [2.75, 3.05) is 6.54 Å². The lowest BCUT2D eigenvalue weighted by Crippen LogP contribution is -2.53. The molecule has 102 valence electrons. The Morgan fingerprint density at radius 3 is 2.80 bits per heavy atom. The molecule has 1 aliphatic carbocycles. The second kappa shape index (κ2) is 5.64. The lowest BCUT2D eigenvalue weighted by atomic mass is 9.76. The van der Waals surface area contributed by atoms with Crippen LogP contribution in [0.2, 0.25) is 0 Å². The van der Waals surface area contributed by atoms with Crippen LogP contribution < -0.4 is 11.1 Å². The molecule has 2 nitrogen and oxygen atoms in total. The summed E-state index contributed by atoms with van der Waals surface area (Å²) in [7, 11) is 0. The van der Waals surface area contributed by atoms with Crippen LogP contribution in [-0.2, 0) is 5.54 Å². The number of allylic oxidation sites excluding steroid dienone is 3. The number of benzene rings is 1. The molecule has 3 rings (SSSR count). The SMILES string of the molecule is NC(C1=CC=C=CC=C1)(c1ccccc1)C1CCCN1. The third-order valence-corrected chi connectivity index (χ3v) is 4.17. The number of rotatable bonds is 3. The van der Waals surface area contributed by atoms with Gasteiger partial charge in [0.1, 0.15) is 0 Å². The monoisotopic (exact) mass is 264 g/mol. The number of nitrogens with two attached hydrogens (primary N) is 1. The number of nitrogens with one attached hydrogen (secondary N) is 1. The van der Waals surface area contributed by atoms with Gasteiger partial charge in [-0.05, 0) is 48.8 Å². The molecule has 0 bridgehead atoms. The van der Waals surface area contributed by atoms with Crippen LogP contribution in [0.25, 0.3) is 0 Å². The molecule has 2 aliphatic rings. The van der Waals surface area contributed by atoms with Crippen molar-refractivity contribution in [3.05, 3.63) is 77.6 Å². The van der Waals surface area contributed by atoms with Gasteiger partial charge in [0.25, 0.3) is 0 Å². The van der Waals surface area contributed by atoms with E-state index in [2.05, 4.69) is 47.5 Å². The molecule has 1 fully saturated rings. The first-order chi connectivity index (χ1) is 9.82. The lowest BCUT2D eigenvalue weighted by molar-refractivity contribution is 0.386. The highest BCUT2D eigenvalue weighted by molar-refractivity contribution is 5.46. The van der Waals surface area contributed by atoms with Crippen molar-refractivity contribution in [2.24, 2.45) is 5.73 Å². The summed E-state index contributed by atoms with van der Waals surface area (Å²) in [5, 5.41) is 3.57. The lowest BCUT2D eigenvalue weighted by Gasteiger charge is -2.37. The van der Waals surface area contributed by atoms with Crippen LogP contribution in [0, 0.1) is 0 Å². The fraction of sp³-hybridized carbons (Fsp3) is 0.278. The van der Waals surface area contributed by atoms with E-state index in [-0.39, 0.29) is 6.04 Å². The quantitative estimate of drug-likeness (QED) is 0.824. The standard InChI is InChI=1S/C18H20N2/c19-18(17-13-8-14-20-17,16-11-6-3-7-12-16)15-9-4-1-2-5-10-15/h1,3-7,9-12,17,20H,8,13-14,19H2. The fourth-order valence-electron chi connectivity index (χ4n) is 3.09. The van der Waals surface area contributed by atoms with Crippen LogP contribution in [0.5, 0.6) is 0 Å². The molecular formula is C18H20N2. The van der Waals surface area contributed by atoms with E-state index in [0.29, 0.717) is 0 Å². The van der Waals surface area contributed by atoms with Gasteiger partial charge in [-0.15, -0.1) is 5.73 Å². The van der Waals surface area contributed by atoms with Crippen molar-refractivity contribution in [1.82, 2.24) is 5.32 Å². The highest BCUT2D eigenvalue weighted by Gasteiger charge is 2.40. The van der Waals surface area contributed by atoms with Crippen LogP contribution >= 0.6 is 0 Å². The molecule has 20 heavy (non-hydrogen) atoms. The normalized spacial score (nSPS) is 24.2. The van der Waals surface area contributed by atoms with Crippen molar-refractivity contribution in [1.29, 1.82) is 0 Å². The van der Waals surface area contributed by atoms with Crippen LogP contribution in [0.15, 0.2) is 72.0 Å². The molecule has 1 aromatic rings. The third kappa shape index (κ3) is 2.30. The van der Waals surface area contributed by atoms with Gasteiger partial charge in [0.05, 0.1) is 5.54 Å². The number of hydrogen-bond donors (Lipinski definition) is 2. The molecule has 0 radical (unpaired) electrons. The van der Waals surface area contributed by atoms with Gasteiger partial charge in [-0.3, -0.25) is 0 Å². The Kier molecular flexibility index (Phi) is 3.70. The van der Waals surface area contributed by atoms with Gasteiger partial charge in [0.2, 0.25) is 0 Å². The average Bonchev–Trinajstić information content (AvgIpc) is 2.90. The maximum absolute atomic E-state index is 6.93. The molecule has 2 unspecified atom stereocenters. The minimum absolute atomic E-state index is 0.271. The maximum atomic E-state index is 6.93. The molecule has 2 atom stereocenters. The second-order valence-corrected chi connectivity index (χ2v) is 5.37. The Balaban J connectivity index is 2.08. The van der Waals surface area contributed by atoms with Gasteiger partial charge in [0, 0.05) is 6.04 Å². The van der Waals surface area contributed by atoms with Crippen molar-refractivity contribution in [3.63, 3.8) is 0 Å². The topological polar surface area (TPSA) is 38.0 Å². The van der Waals surface area contributed by atoms with Crippen LogP contribution in [0.3, 0.4) is 0 Å². The van der Waals surface area contributed by atoms with E-state index in [1.54, 1.807) is 0 Å². The Labute approximate surface area is 120 Å². The van der Waals surface area contributed by atoms with Crippen LogP contribution in [0.4, 0.5) is 0 Å². The van der Waals surface area contributed by atoms with E-state index < -0.39 is 5.54 Å². The van der Waals surface area contributed by atoms with Gasteiger partial charge in [-0.25, -0.2) is 0 Å². The minimum atomic E-state index is -0.495. The van der Waals surface area contributed by atoms with Crippen LogP contribution in [-0.4, -0.2) is 12.6 Å². The largest absolute Gasteiger partial charge is 0.316 e. The summed E-state index contributed by atoms with van der Waals surface area (Å²) in [6, 6.07) is 10.7. The highest BCUT2D eigenvalue weighted by Crippen LogP contribution is 2.35. The summed E-state index contributed by atoms with van der Waals surface area (Å²) in [5.74, 6) is 0. The zero-order valence-corrected chi connectivity index (χ0v) is 11.5. The smallest absolute Gasteiger partial charge is 0.0821 e. The van der Waals surface area contributed by atoms with E-state index in [1.807, 2.05) is 24.3 Å². The highest BCUT2D eigenvalue weighted by atomic mass is 15.0. The third-order valence-electron chi connectivity index (χ3n) is 4.17. The molecule has 1 saturated heterocycles. The molecule has 0 aromatic heterocycles. The van der Waals surface area contributed by atoms with Crippen molar-refractivity contribution >= 4 is 0 Å². The predicted octanol–water partition coefficient (Wildman–Crippen LogP) is 2.80. The van der Waals surface area contributed by atoms with Crippen molar-refractivity contribution < 1.29 is 0 Å². The molecule has 3 N–H and O–H groups in total. The molecular weight excluding hydrogens is 244 g/mol. The fourth-order valence-corrected chi connectivity index (χ4v) is 3.09. The first-order valence-corrected chi connectivity index (χ1v) is 7.19. The summed E-state index contributed by atoms with van der Waals surface area (Å²) in [4.78, 5) is 0. The van der Waals surface area contributed by atoms with Crippen molar-refractivity contribution in [3.8, 4) is 0 Å². The zero-order valence-electron chi connectivity index (χ0n) is 11.5. The Hall–Kier alpha value is -1.86. The summed E-state index contributed by atoms with van der Waals surface area (Å²) in [6.07, 6.45) is 12.3. The molecule has 0 saturated carbocycles.